The van der Waals surface area contributed by atoms with Crippen molar-refractivity contribution in [1.82, 2.24) is 4.90 Å². The molecule has 2 rings (SSSR count). The Hall–Kier alpha value is -0.930. The number of rotatable bonds is 8. The SMILES string of the molecule is O=C(O)CCCN1C[C@@H](OC2OC(CO)C(O)C(O)C2O)[C@H](O)[C@@H](O)[C@@H]1CO. The van der Waals surface area contributed by atoms with E-state index in [1.54, 1.807) is 4.90 Å². The lowest BCUT2D eigenvalue weighted by atomic mass is 9.93. The number of aliphatic hydroxyl groups excluding tert-OH is 7. The van der Waals surface area contributed by atoms with Crippen molar-refractivity contribution in [1.29, 1.82) is 0 Å². The normalized spacial score (nSPS) is 42.5. The lowest BCUT2D eigenvalue weighted by Gasteiger charge is -2.47. The van der Waals surface area contributed by atoms with E-state index in [0.717, 1.165) is 0 Å². The molecule has 2 fully saturated rings. The van der Waals surface area contributed by atoms with Crippen LogP contribution in [0.2, 0.25) is 0 Å². The maximum absolute atomic E-state index is 10.7. The van der Waals surface area contributed by atoms with Gasteiger partial charge in [0.15, 0.2) is 6.29 Å². The molecule has 0 bridgehead atoms. The number of carbonyl (C=O) groups is 1. The molecule has 12 nitrogen and oxygen atoms in total. The number of hydrogen-bond donors (Lipinski definition) is 8. The summed E-state index contributed by atoms with van der Waals surface area (Å²) >= 11 is 0. The van der Waals surface area contributed by atoms with Gasteiger partial charge in [0.25, 0.3) is 0 Å². The maximum Gasteiger partial charge on any atom is 0.303 e. The minimum atomic E-state index is -1.67. The third-order valence-electron chi connectivity index (χ3n) is 5.19. The Morgan fingerprint density at radius 3 is 2.21 bits per heavy atom. The lowest BCUT2D eigenvalue weighted by Crippen LogP contribution is -2.66. The van der Waals surface area contributed by atoms with Crippen LogP contribution in [-0.2, 0) is 14.3 Å². The van der Waals surface area contributed by atoms with Crippen LogP contribution in [-0.4, -0.2) is 133 Å². The van der Waals surface area contributed by atoms with Crippen LogP contribution in [0.4, 0.5) is 0 Å². The first kappa shape index (κ1) is 23.3. The minimum absolute atomic E-state index is 0.0158. The predicted octanol–water partition coefficient (Wildman–Crippen LogP) is -4.57. The summed E-state index contributed by atoms with van der Waals surface area (Å²) in [5, 5.41) is 77.8. The molecule has 2 heterocycles. The van der Waals surface area contributed by atoms with E-state index in [0.29, 0.717) is 0 Å². The summed E-state index contributed by atoms with van der Waals surface area (Å²) in [7, 11) is 0. The highest BCUT2D eigenvalue weighted by atomic mass is 16.7. The Morgan fingerprint density at radius 2 is 1.64 bits per heavy atom. The Kier molecular flexibility index (Phi) is 8.51. The molecule has 0 spiro atoms. The predicted molar refractivity (Wildman–Crippen MR) is 90.0 cm³/mol. The van der Waals surface area contributed by atoms with Crippen molar-refractivity contribution < 1.29 is 55.1 Å². The number of carboxylic acids is 1. The molecular weight excluding hydrogens is 382 g/mol. The topological polar surface area (TPSA) is 201 Å². The van der Waals surface area contributed by atoms with Crippen LogP contribution >= 0.6 is 0 Å². The first-order valence-electron chi connectivity index (χ1n) is 9.10. The van der Waals surface area contributed by atoms with Crippen LogP contribution in [0.15, 0.2) is 0 Å². The van der Waals surface area contributed by atoms with Crippen molar-refractivity contribution >= 4 is 5.97 Å². The number of hydrogen-bond acceptors (Lipinski definition) is 11. The average molecular weight is 411 g/mol. The summed E-state index contributed by atoms with van der Waals surface area (Å²) in [6.45, 7) is -0.930. The van der Waals surface area contributed by atoms with Crippen molar-refractivity contribution in [2.45, 2.75) is 67.9 Å². The highest BCUT2D eigenvalue weighted by molar-refractivity contribution is 5.66. The first-order valence-corrected chi connectivity index (χ1v) is 9.10. The van der Waals surface area contributed by atoms with Gasteiger partial charge in [0.2, 0.25) is 0 Å². The lowest BCUT2D eigenvalue weighted by molar-refractivity contribution is -0.325. The van der Waals surface area contributed by atoms with Gasteiger partial charge in [-0.3, -0.25) is 9.69 Å². The second-order valence-corrected chi connectivity index (χ2v) is 7.10. The van der Waals surface area contributed by atoms with Gasteiger partial charge in [-0.2, -0.15) is 0 Å². The highest BCUT2D eigenvalue weighted by Gasteiger charge is 2.48. The molecule has 5 unspecified atom stereocenters. The van der Waals surface area contributed by atoms with Crippen LogP contribution in [0.3, 0.4) is 0 Å². The monoisotopic (exact) mass is 411 g/mol. The van der Waals surface area contributed by atoms with Gasteiger partial charge in [-0.1, -0.05) is 0 Å². The van der Waals surface area contributed by atoms with Gasteiger partial charge in [-0.15, -0.1) is 0 Å². The molecule has 164 valence electrons. The minimum Gasteiger partial charge on any atom is -0.481 e. The fraction of sp³-hybridized carbons (Fsp3) is 0.938. The molecule has 0 aromatic carbocycles. The molecule has 8 N–H and O–H groups in total. The molecule has 0 radical (unpaired) electrons. The van der Waals surface area contributed by atoms with Crippen LogP contribution in [0.25, 0.3) is 0 Å². The molecule has 0 amide bonds. The molecule has 0 aromatic heterocycles. The number of nitrogens with zero attached hydrogens (tertiary/aromatic N) is 1. The third-order valence-corrected chi connectivity index (χ3v) is 5.19. The van der Waals surface area contributed by atoms with Crippen molar-refractivity contribution in [2.75, 3.05) is 26.3 Å². The zero-order valence-corrected chi connectivity index (χ0v) is 15.2. The Labute approximate surface area is 161 Å². The Morgan fingerprint density at radius 1 is 0.964 bits per heavy atom. The third kappa shape index (κ3) is 5.16. The van der Waals surface area contributed by atoms with Gasteiger partial charge in [-0.05, 0) is 13.0 Å². The molecule has 0 aromatic rings. The number of aliphatic carboxylic acids is 1. The van der Waals surface area contributed by atoms with Crippen molar-refractivity contribution in [3.05, 3.63) is 0 Å². The van der Waals surface area contributed by atoms with E-state index < -0.39 is 74.2 Å². The molecule has 28 heavy (non-hydrogen) atoms. The summed E-state index contributed by atoms with van der Waals surface area (Å²) in [6, 6.07) is -0.835. The quantitative estimate of drug-likeness (QED) is 0.190. The van der Waals surface area contributed by atoms with Crippen molar-refractivity contribution in [3.63, 3.8) is 0 Å². The van der Waals surface area contributed by atoms with E-state index in [1.807, 2.05) is 0 Å². The van der Waals surface area contributed by atoms with Crippen LogP contribution in [0, 0.1) is 0 Å². The summed E-state index contributed by atoms with van der Waals surface area (Å²) < 4.78 is 10.8. The summed E-state index contributed by atoms with van der Waals surface area (Å²) in [4.78, 5) is 12.3. The summed E-state index contributed by atoms with van der Waals surface area (Å²) in [5.41, 5.74) is 0. The fourth-order valence-corrected chi connectivity index (χ4v) is 3.53. The van der Waals surface area contributed by atoms with Crippen molar-refractivity contribution in [2.24, 2.45) is 0 Å². The number of carboxylic acid groups (broad SMARTS) is 1. The number of likely N-dealkylation sites (tertiary alicyclic amines) is 1. The summed E-state index contributed by atoms with van der Waals surface area (Å²) in [6.07, 6.45) is -11.4. The Bertz CT molecular complexity index is 507. The average Bonchev–Trinajstić information content (AvgIpc) is 2.66. The van der Waals surface area contributed by atoms with Gasteiger partial charge < -0.3 is 50.3 Å². The molecule has 0 saturated carbocycles. The van der Waals surface area contributed by atoms with Crippen LogP contribution in [0.5, 0.6) is 0 Å². The molecule has 9 atom stereocenters. The smallest absolute Gasteiger partial charge is 0.303 e. The number of piperidine rings is 1. The van der Waals surface area contributed by atoms with E-state index in [9.17, 15) is 40.5 Å². The summed E-state index contributed by atoms with van der Waals surface area (Å²) in [5.74, 6) is -0.993. The molecule has 2 aliphatic heterocycles. The zero-order chi connectivity index (χ0) is 21.0. The largest absolute Gasteiger partial charge is 0.481 e. The number of aliphatic hydroxyl groups is 7. The second-order valence-electron chi connectivity index (χ2n) is 7.10. The van der Waals surface area contributed by atoms with E-state index in [1.165, 1.54) is 0 Å². The van der Waals surface area contributed by atoms with Gasteiger partial charge in [0.1, 0.15) is 42.7 Å². The highest BCUT2D eigenvalue weighted by Crippen LogP contribution is 2.27. The van der Waals surface area contributed by atoms with Crippen LogP contribution in [0.1, 0.15) is 12.8 Å². The molecular formula is C16H29NO11. The van der Waals surface area contributed by atoms with Gasteiger partial charge in [-0.25, -0.2) is 0 Å². The van der Waals surface area contributed by atoms with Crippen LogP contribution < -0.4 is 0 Å². The number of ether oxygens (including phenoxy) is 2. The molecule has 2 aliphatic rings. The first-order chi connectivity index (χ1) is 13.2. The zero-order valence-electron chi connectivity index (χ0n) is 15.2. The van der Waals surface area contributed by atoms with E-state index in [2.05, 4.69) is 0 Å². The van der Waals surface area contributed by atoms with Gasteiger partial charge >= 0.3 is 5.97 Å². The molecule has 12 heteroatoms. The van der Waals surface area contributed by atoms with Gasteiger partial charge in [0.05, 0.1) is 19.3 Å². The molecule has 2 saturated heterocycles. The van der Waals surface area contributed by atoms with Gasteiger partial charge in [0, 0.05) is 13.0 Å². The van der Waals surface area contributed by atoms with Crippen molar-refractivity contribution in [3.8, 4) is 0 Å². The Balaban J connectivity index is 2.07. The van der Waals surface area contributed by atoms with E-state index >= 15 is 0 Å². The standard InChI is InChI=1S/C16H29NO11/c18-5-7-11(22)12(23)8(4-17(7)3-1-2-10(20)21)27-16-15(26)14(25)13(24)9(6-19)28-16/h7-9,11-16,18-19,22-26H,1-6H2,(H,20,21)/t7-,8+,9?,11-,12-,13?,14?,15?,16?/m0/s1. The molecule has 0 aliphatic carbocycles. The fourth-order valence-electron chi connectivity index (χ4n) is 3.53. The van der Waals surface area contributed by atoms with E-state index in [4.69, 9.17) is 14.6 Å². The second kappa shape index (κ2) is 10.2. The maximum atomic E-state index is 10.7. The van der Waals surface area contributed by atoms with E-state index in [-0.39, 0.29) is 25.9 Å².